The van der Waals surface area contributed by atoms with E-state index in [-0.39, 0.29) is 0 Å². The quantitative estimate of drug-likeness (QED) is 0.313. The Balaban J connectivity index is 0.000000469. The van der Waals surface area contributed by atoms with Gasteiger partial charge in [-0.2, -0.15) is 12.6 Å². The summed E-state index contributed by atoms with van der Waals surface area (Å²) in [6.45, 7) is 5.56. The normalized spacial score (nSPS) is 15.1. The Morgan fingerprint density at radius 1 is 1.03 bits per heavy atom. The minimum Gasteiger partial charge on any atom is -0.726 e. The van der Waals surface area contributed by atoms with Gasteiger partial charge in [0.05, 0.1) is 7.11 Å². The minimum absolute atomic E-state index is 0.808. The van der Waals surface area contributed by atoms with E-state index < -0.39 is 10.4 Å². The van der Waals surface area contributed by atoms with Crippen LogP contribution in [0.25, 0.3) is 12.2 Å². The number of aromatic nitrogens is 1. The van der Waals surface area contributed by atoms with Crippen LogP contribution in [0, 0.1) is 0 Å². The molecule has 1 saturated heterocycles. The molecule has 0 N–H and O–H groups in total. The lowest BCUT2D eigenvalue weighted by Gasteiger charge is -2.35. The van der Waals surface area contributed by atoms with Crippen molar-refractivity contribution in [3.8, 4) is 0 Å². The van der Waals surface area contributed by atoms with Gasteiger partial charge in [0.25, 0.3) is 0 Å². The van der Waals surface area contributed by atoms with Gasteiger partial charge in [-0.1, -0.05) is 24.3 Å². The zero-order valence-corrected chi connectivity index (χ0v) is 19.1. The van der Waals surface area contributed by atoms with E-state index in [1.807, 2.05) is 11.6 Å². The fraction of sp³-hybridized carbons (Fsp3) is 0.381. The topological polar surface area (TPSA) is 76.8 Å². The van der Waals surface area contributed by atoms with Gasteiger partial charge in [0, 0.05) is 56.3 Å². The van der Waals surface area contributed by atoms with Gasteiger partial charge in [0.2, 0.25) is 10.4 Å². The number of benzene rings is 1. The lowest BCUT2D eigenvalue weighted by Crippen LogP contribution is -2.46. The van der Waals surface area contributed by atoms with E-state index >= 15 is 0 Å². The van der Waals surface area contributed by atoms with Crippen molar-refractivity contribution in [2.75, 3.05) is 50.5 Å². The number of hydrogen-bond acceptors (Lipinski definition) is 7. The van der Waals surface area contributed by atoms with E-state index in [1.165, 1.54) is 16.8 Å². The van der Waals surface area contributed by atoms with Crippen molar-refractivity contribution in [2.45, 2.75) is 0 Å². The van der Waals surface area contributed by atoms with Crippen molar-refractivity contribution in [1.82, 2.24) is 4.90 Å². The largest absolute Gasteiger partial charge is 0.726 e. The third-order valence-corrected chi connectivity index (χ3v) is 5.33. The van der Waals surface area contributed by atoms with Crippen LogP contribution in [0.1, 0.15) is 11.1 Å². The van der Waals surface area contributed by atoms with E-state index in [0.717, 1.165) is 45.6 Å². The fourth-order valence-electron chi connectivity index (χ4n) is 2.98. The molecule has 9 heteroatoms. The third kappa shape index (κ3) is 8.85. The molecule has 1 aliphatic rings. The molecule has 0 unspecified atom stereocenters. The van der Waals surface area contributed by atoms with Crippen LogP contribution < -0.4 is 9.47 Å². The maximum atomic E-state index is 9.22. The first-order valence-electron chi connectivity index (χ1n) is 9.64. The predicted molar refractivity (Wildman–Crippen MR) is 122 cm³/mol. The van der Waals surface area contributed by atoms with E-state index in [0.29, 0.717) is 0 Å². The molecule has 0 bridgehead atoms. The number of pyridine rings is 1. The highest BCUT2D eigenvalue weighted by Gasteiger charge is 2.16. The smallest absolute Gasteiger partial charge is 0.217 e. The molecular formula is C21H29N3O4S2. The molecule has 1 fully saturated rings. The van der Waals surface area contributed by atoms with Crippen LogP contribution in [0.4, 0.5) is 5.69 Å². The van der Waals surface area contributed by atoms with Crippen LogP contribution in [-0.4, -0.2) is 63.5 Å². The summed E-state index contributed by atoms with van der Waals surface area (Å²) in [5, 5.41) is 0. The summed E-state index contributed by atoms with van der Waals surface area (Å²) in [6, 6.07) is 13.1. The Kier molecular flexibility index (Phi) is 9.80. The monoisotopic (exact) mass is 451 g/mol. The summed E-state index contributed by atoms with van der Waals surface area (Å²) in [4.78, 5) is 4.96. The molecule has 2 heterocycles. The summed E-state index contributed by atoms with van der Waals surface area (Å²) in [5.41, 5.74) is 3.78. The second-order valence-corrected chi connectivity index (χ2v) is 8.45. The van der Waals surface area contributed by atoms with Gasteiger partial charge in [0.15, 0.2) is 12.4 Å². The lowest BCUT2D eigenvalue weighted by molar-refractivity contribution is -0.671. The number of anilines is 1. The molecule has 0 saturated carbocycles. The molecule has 1 aromatic heterocycles. The number of rotatable bonds is 6. The molecule has 0 amide bonds. The summed E-state index contributed by atoms with van der Waals surface area (Å²) >= 11 is 4.32. The molecule has 30 heavy (non-hydrogen) atoms. The maximum absolute atomic E-state index is 9.22. The van der Waals surface area contributed by atoms with Crippen molar-refractivity contribution in [2.24, 2.45) is 7.05 Å². The number of thiol groups is 1. The van der Waals surface area contributed by atoms with E-state index in [9.17, 15) is 13.0 Å². The number of nitrogens with zero attached hydrogens (tertiary/aromatic N) is 3. The lowest BCUT2D eigenvalue weighted by atomic mass is 10.1. The van der Waals surface area contributed by atoms with Gasteiger partial charge in [-0.25, -0.2) is 13.0 Å². The van der Waals surface area contributed by atoms with Crippen LogP contribution in [0.2, 0.25) is 0 Å². The van der Waals surface area contributed by atoms with Crippen molar-refractivity contribution in [1.29, 1.82) is 0 Å². The highest BCUT2D eigenvalue weighted by molar-refractivity contribution is 7.80. The van der Waals surface area contributed by atoms with Gasteiger partial charge < -0.3 is 9.45 Å². The first kappa shape index (κ1) is 24.4. The van der Waals surface area contributed by atoms with Crippen molar-refractivity contribution in [3.05, 3.63) is 59.9 Å². The van der Waals surface area contributed by atoms with Crippen molar-refractivity contribution < 1.29 is 21.7 Å². The molecule has 2 aromatic rings. The minimum atomic E-state index is -4.41. The molecule has 3 rings (SSSR count). The molecule has 0 atom stereocenters. The predicted octanol–water partition coefficient (Wildman–Crippen LogP) is 1.83. The Labute approximate surface area is 185 Å². The average Bonchev–Trinajstić information content (AvgIpc) is 2.74. The van der Waals surface area contributed by atoms with Gasteiger partial charge in [-0.05, 0) is 23.3 Å². The Hall–Kier alpha value is -1.91. The fourth-order valence-corrected chi connectivity index (χ4v) is 3.27. The summed E-state index contributed by atoms with van der Waals surface area (Å²) in [7, 11) is -1.57. The zero-order chi connectivity index (χ0) is 22.0. The first-order valence-corrected chi connectivity index (χ1v) is 11.6. The number of piperazine rings is 1. The molecule has 0 aliphatic carbocycles. The van der Waals surface area contributed by atoms with Crippen LogP contribution in [0.5, 0.6) is 0 Å². The van der Waals surface area contributed by atoms with E-state index in [1.54, 1.807) is 0 Å². The molecule has 1 aliphatic heterocycles. The Morgan fingerprint density at radius 3 is 2.00 bits per heavy atom. The standard InChI is InChI=1S/C20H25N3S.CH4O4S/c1-21-10-8-19(9-11-21)3-2-18-4-6-20(7-5-18)23-14-12-22(13-15-23)16-17-24;1-5-6(2,3)4/h2-11H,12-17H2,1H3;1H3,(H,2,3,4). The molecule has 7 nitrogen and oxygen atoms in total. The van der Waals surface area contributed by atoms with Crippen molar-refractivity contribution in [3.63, 3.8) is 0 Å². The highest BCUT2D eigenvalue weighted by atomic mass is 32.3. The van der Waals surface area contributed by atoms with Gasteiger partial charge >= 0.3 is 0 Å². The highest BCUT2D eigenvalue weighted by Crippen LogP contribution is 2.18. The van der Waals surface area contributed by atoms with Gasteiger partial charge in [-0.3, -0.25) is 9.08 Å². The van der Waals surface area contributed by atoms with Crippen LogP contribution >= 0.6 is 12.6 Å². The van der Waals surface area contributed by atoms with Gasteiger partial charge in [-0.15, -0.1) is 0 Å². The average molecular weight is 452 g/mol. The first-order chi connectivity index (χ1) is 14.3. The molecule has 1 aromatic carbocycles. The second kappa shape index (κ2) is 12.1. The summed E-state index contributed by atoms with van der Waals surface area (Å²) in [6.07, 6.45) is 8.46. The van der Waals surface area contributed by atoms with Crippen LogP contribution in [0.15, 0.2) is 48.8 Å². The van der Waals surface area contributed by atoms with Crippen LogP contribution in [0.3, 0.4) is 0 Å². The van der Waals surface area contributed by atoms with Crippen molar-refractivity contribution >= 4 is 40.9 Å². The Morgan fingerprint density at radius 2 is 1.53 bits per heavy atom. The second-order valence-electron chi connectivity index (χ2n) is 6.85. The SMILES string of the molecule is COS(=O)(=O)[O-].C[n+]1ccc(/C=C/c2ccc(N3CCN(CCS)CC3)cc2)cc1. The maximum Gasteiger partial charge on any atom is 0.217 e. The third-order valence-electron chi connectivity index (χ3n) is 4.72. The Bertz CT molecular complexity index is 893. The molecule has 164 valence electrons. The zero-order valence-electron chi connectivity index (χ0n) is 17.3. The van der Waals surface area contributed by atoms with E-state index in [4.69, 9.17) is 0 Å². The molecule has 0 spiro atoms. The number of hydrogen-bond donors (Lipinski definition) is 1. The molecular weight excluding hydrogens is 422 g/mol. The summed E-state index contributed by atoms with van der Waals surface area (Å²) < 4.78 is 33.1. The van der Waals surface area contributed by atoms with Gasteiger partial charge in [0.1, 0.15) is 7.05 Å². The van der Waals surface area contributed by atoms with E-state index in [2.05, 4.69) is 87.6 Å². The summed E-state index contributed by atoms with van der Waals surface area (Å²) in [5.74, 6) is 0.945. The number of aryl methyl sites for hydroxylation is 1. The van der Waals surface area contributed by atoms with Crippen LogP contribution in [-0.2, 0) is 21.6 Å². The molecule has 0 radical (unpaired) electrons.